The Morgan fingerprint density at radius 3 is 2.53 bits per heavy atom. The quantitative estimate of drug-likeness (QED) is 0.355. The van der Waals surface area contributed by atoms with Crippen LogP contribution >= 0.6 is 0 Å². The second-order valence-electron chi connectivity index (χ2n) is 7.18. The van der Waals surface area contributed by atoms with Gasteiger partial charge in [0, 0.05) is 34.9 Å². The molecule has 0 aliphatic rings. The summed E-state index contributed by atoms with van der Waals surface area (Å²) in [5.74, 6) is -0.192. The summed E-state index contributed by atoms with van der Waals surface area (Å²) >= 11 is 0. The maximum atomic E-state index is 12.1. The molecule has 1 heterocycles. The van der Waals surface area contributed by atoms with Gasteiger partial charge in [0.2, 0.25) is 0 Å². The molecular formula is C25H24N4O. The van der Waals surface area contributed by atoms with E-state index in [1.165, 1.54) is 5.56 Å². The van der Waals surface area contributed by atoms with Crippen molar-refractivity contribution in [1.29, 1.82) is 0 Å². The lowest BCUT2D eigenvalue weighted by Gasteiger charge is -2.07. The van der Waals surface area contributed by atoms with Crippen LogP contribution in [0.15, 0.2) is 90.2 Å². The first-order valence-corrected chi connectivity index (χ1v) is 9.94. The zero-order chi connectivity index (χ0) is 20.8. The van der Waals surface area contributed by atoms with E-state index in [-0.39, 0.29) is 12.5 Å². The van der Waals surface area contributed by atoms with E-state index in [0.29, 0.717) is 0 Å². The molecule has 0 fully saturated rings. The molecule has 2 N–H and O–H groups in total. The number of nitrogens with one attached hydrogen (secondary N) is 2. The van der Waals surface area contributed by atoms with Gasteiger partial charge in [0.25, 0.3) is 5.91 Å². The number of aryl methyl sites for hydroxylation is 1. The lowest BCUT2D eigenvalue weighted by atomic mass is 10.2. The molecule has 3 aromatic carbocycles. The predicted molar refractivity (Wildman–Crippen MR) is 123 cm³/mol. The van der Waals surface area contributed by atoms with Gasteiger partial charge in [-0.2, -0.15) is 5.10 Å². The van der Waals surface area contributed by atoms with Gasteiger partial charge in [0.1, 0.15) is 0 Å². The average molecular weight is 396 g/mol. The summed E-state index contributed by atoms with van der Waals surface area (Å²) in [6, 6.07) is 26.4. The van der Waals surface area contributed by atoms with Gasteiger partial charge >= 0.3 is 0 Å². The van der Waals surface area contributed by atoms with Crippen molar-refractivity contribution in [2.45, 2.75) is 13.5 Å². The van der Waals surface area contributed by atoms with Crippen molar-refractivity contribution in [2.24, 2.45) is 5.10 Å². The highest BCUT2D eigenvalue weighted by molar-refractivity contribution is 5.99. The minimum Gasteiger partial charge on any atom is -0.376 e. The average Bonchev–Trinajstić information content (AvgIpc) is 3.11. The summed E-state index contributed by atoms with van der Waals surface area (Å²) in [4.78, 5) is 12.1. The molecule has 150 valence electrons. The third-order valence-electron chi connectivity index (χ3n) is 4.99. The Balaban J connectivity index is 1.44. The van der Waals surface area contributed by atoms with Crippen LogP contribution in [0, 0.1) is 6.92 Å². The predicted octanol–water partition coefficient (Wildman–Crippen LogP) is 4.56. The standard InChI is InChI=1S/C25H24N4O/c1-19-9-5-7-13-23(19)26-16-25(30)28-27-15-21-18-29(17-20-10-3-2-4-11-20)24-14-8-6-12-22(21)24/h2-15,18,26H,16-17H2,1H3,(H,28,30)/b27-15+. The van der Waals surface area contributed by atoms with Gasteiger partial charge in [0.05, 0.1) is 12.8 Å². The Morgan fingerprint density at radius 1 is 0.967 bits per heavy atom. The molecule has 0 spiro atoms. The molecule has 1 amide bonds. The van der Waals surface area contributed by atoms with Crippen LogP contribution in [0.2, 0.25) is 0 Å². The van der Waals surface area contributed by atoms with Crippen LogP contribution in [0.25, 0.3) is 10.9 Å². The Kier molecular flexibility index (Phi) is 5.90. The number of hydrogen-bond donors (Lipinski definition) is 2. The zero-order valence-corrected chi connectivity index (χ0v) is 16.9. The molecule has 0 unspecified atom stereocenters. The van der Waals surface area contributed by atoms with Crippen molar-refractivity contribution in [3.05, 3.63) is 102 Å². The topological polar surface area (TPSA) is 58.4 Å². The monoisotopic (exact) mass is 396 g/mol. The number of anilines is 1. The third-order valence-corrected chi connectivity index (χ3v) is 4.99. The lowest BCUT2D eigenvalue weighted by Crippen LogP contribution is -2.26. The van der Waals surface area contributed by atoms with Gasteiger partial charge in [-0.15, -0.1) is 0 Å². The minimum atomic E-state index is -0.192. The van der Waals surface area contributed by atoms with E-state index < -0.39 is 0 Å². The molecule has 0 aliphatic heterocycles. The molecule has 0 saturated heterocycles. The summed E-state index contributed by atoms with van der Waals surface area (Å²) in [7, 11) is 0. The van der Waals surface area contributed by atoms with E-state index in [1.54, 1.807) is 6.21 Å². The van der Waals surface area contributed by atoms with Gasteiger partial charge in [-0.05, 0) is 30.2 Å². The summed E-state index contributed by atoms with van der Waals surface area (Å²) < 4.78 is 2.20. The number of amides is 1. The summed E-state index contributed by atoms with van der Waals surface area (Å²) in [5.41, 5.74) is 7.98. The highest BCUT2D eigenvalue weighted by Gasteiger charge is 2.07. The normalized spacial score (nSPS) is 11.1. The van der Waals surface area contributed by atoms with Crippen LogP contribution in [0.5, 0.6) is 0 Å². The third kappa shape index (κ3) is 4.58. The molecule has 0 aliphatic carbocycles. The van der Waals surface area contributed by atoms with Crippen molar-refractivity contribution in [3.63, 3.8) is 0 Å². The van der Waals surface area contributed by atoms with Crippen molar-refractivity contribution in [2.75, 3.05) is 11.9 Å². The molecule has 5 nitrogen and oxygen atoms in total. The summed E-state index contributed by atoms with van der Waals surface area (Å²) in [5, 5.41) is 8.40. The van der Waals surface area contributed by atoms with E-state index in [1.807, 2.05) is 61.5 Å². The second kappa shape index (κ2) is 9.09. The van der Waals surface area contributed by atoms with Gasteiger partial charge in [-0.25, -0.2) is 5.43 Å². The number of carbonyl (C=O) groups is 1. The van der Waals surface area contributed by atoms with Crippen LogP contribution < -0.4 is 10.7 Å². The van der Waals surface area contributed by atoms with Crippen LogP contribution in [0.1, 0.15) is 16.7 Å². The van der Waals surface area contributed by atoms with E-state index >= 15 is 0 Å². The maximum absolute atomic E-state index is 12.1. The number of benzene rings is 3. The molecule has 5 heteroatoms. The van der Waals surface area contributed by atoms with E-state index in [4.69, 9.17) is 0 Å². The fourth-order valence-corrected chi connectivity index (χ4v) is 3.45. The Hall–Kier alpha value is -3.86. The van der Waals surface area contributed by atoms with E-state index in [0.717, 1.165) is 34.3 Å². The van der Waals surface area contributed by atoms with E-state index in [2.05, 4.69) is 50.9 Å². The number of aromatic nitrogens is 1. The number of nitrogens with zero attached hydrogens (tertiary/aromatic N) is 2. The Bertz CT molecular complexity index is 1180. The number of para-hydroxylation sites is 2. The lowest BCUT2D eigenvalue weighted by molar-refractivity contribution is -0.119. The number of rotatable bonds is 7. The van der Waals surface area contributed by atoms with Gasteiger partial charge in [-0.3, -0.25) is 4.79 Å². The minimum absolute atomic E-state index is 0.165. The first kappa shape index (κ1) is 19.5. The molecule has 4 rings (SSSR count). The first-order chi connectivity index (χ1) is 14.7. The first-order valence-electron chi connectivity index (χ1n) is 9.94. The fraction of sp³-hybridized carbons (Fsp3) is 0.120. The van der Waals surface area contributed by atoms with Crippen molar-refractivity contribution in [3.8, 4) is 0 Å². The van der Waals surface area contributed by atoms with Crippen molar-refractivity contribution in [1.82, 2.24) is 9.99 Å². The summed E-state index contributed by atoms with van der Waals surface area (Å²) in [6.45, 7) is 2.95. The van der Waals surface area contributed by atoms with Crippen LogP contribution in [0.4, 0.5) is 5.69 Å². The van der Waals surface area contributed by atoms with Gasteiger partial charge in [0.15, 0.2) is 0 Å². The van der Waals surface area contributed by atoms with Crippen LogP contribution in [-0.4, -0.2) is 23.2 Å². The molecule has 0 saturated carbocycles. The van der Waals surface area contributed by atoms with Crippen LogP contribution in [0.3, 0.4) is 0 Å². The van der Waals surface area contributed by atoms with Crippen molar-refractivity contribution >= 4 is 28.7 Å². The number of fused-ring (bicyclic) bond motifs is 1. The van der Waals surface area contributed by atoms with Gasteiger partial charge in [-0.1, -0.05) is 66.7 Å². The molecule has 4 aromatic rings. The van der Waals surface area contributed by atoms with Gasteiger partial charge < -0.3 is 9.88 Å². The molecule has 0 atom stereocenters. The highest BCUT2D eigenvalue weighted by Crippen LogP contribution is 2.21. The molecule has 1 aromatic heterocycles. The largest absolute Gasteiger partial charge is 0.376 e. The van der Waals surface area contributed by atoms with Crippen molar-refractivity contribution < 1.29 is 4.79 Å². The fourth-order valence-electron chi connectivity index (χ4n) is 3.45. The Labute approximate surface area is 176 Å². The van der Waals surface area contributed by atoms with Crippen LogP contribution in [-0.2, 0) is 11.3 Å². The molecule has 30 heavy (non-hydrogen) atoms. The van der Waals surface area contributed by atoms with E-state index in [9.17, 15) is 4.79 Å². The number of carbonyl (C=O) groups excluding carboxylic acids is 1. The SMILES string of the molecule is Cc1ccccc1NCC(=O)N/N=C/c1cn(Cc2ccccc2)c2ccccc12. The molecule has 0 bridgehead atoms. The number of hydrazone groups is 1. The second-order valence-corrected chi connectivity index (χ2v) is 7.18. The molecular weight excluding hydrogens is 372 g/mol. The zero-order valence-electron chi connectivity index (χ0n) is 16.9. The highest BCUT2D eigenvalue weighted by atomic mass is 16.2. The smallest absolute Gasteiger partial charge is 0.259 e. The molecule has 0 radical (unpaired) electrons. The summed E-state index contributed by atoms with van der Waals surface area (Å²) in [6.07, 6.45) is 3.77. The number of hydrogen-bond acceptors (Lipinski definition) is 3. The maximum Gasteiger partial charge on any atom is 0.259 e. The Morgan fingerprint density at radius 2 is 1.70 bits per heavy atom.